The summed E-state index contributed by atoms with van der Waals surface area (Å²) in [6.07, 6.45) is 3.57. The molecule has 0 saturated heterocycles. The lowest BCUT2D eigenvalue weighted by Gasteiger charge is -1.98. The number of H-pyrrole nitrogens is 1. The van der Waals surface area contributed by atoms with Gasteiger partial charge >= 0.3 is 0 Å². The van der Waals surface area contributed by atoms with E-state index in [0.717, 1.165) is 28.1 Å². The predicted molar refractivity (Wildman–Crippen MR) is 92.1 cm³/mol. The van der Waals surface area contributed by atoms with Crippen LogP contribution in [0.25, 0.3) is 22.0 Å². The molecule has 2 aromatic heterocycles. The zero-order chi connectivity index (χ0) is 15.5. The van der Waals surface area contributed by atoms with Crippen LogP contribution in [0.4, 0.5) is 11.5 Å². The second-order valence-corrected chi connectivity index (χ2v) is 5.23. The number of pyridine rings is 1. The van der Waals surface area contributed by atoms with Crippen molar-refractivity contribution in [1.29, 1.82) is 0 Å². The number of nitrogens with one attached hydrogen (secondary N) is 1. The third-order valence-electron chi connectivity index (χ3n) is 3.65. The zero-order valence-electron chi connectivity index (χ0n) is 12.3. The van der Waals surface area contributed by atoms with Crippen LogP contribution in [-0.2, 0) is 0 Å². The average Bonchev–Trinajstić information content (AvgIpc) is 3.10. The highest BCUT2D eigenvalue weighted by Gasteiger charge is 2.01. The van der Waals surface area contributed by atoms with Gasteiger partial charge in [-0.2, -0.15) is 0 Å². The summed E-state index contributed by atoms with van der Waals surface area (Å²) in [5.74, 6) is 0.719. The molecule has 4 rings (SSSR count). The van der Waals surface area contributed by atoms with Gasteiger partial charge < -0.3 is 4.98 Å². The summed E-state index contributed by atoms with van der Waals surface area (Å²) in [4.78, 5) is 7.36. The summed E-state index contributed by atoms with van der Waals surface area (Å²) < 4.78 is 0. The number of aromatic nitrogens is 2. The molecule has 4 heteroatoms. The van der Waals surface area contributed by atoms with Crippen LogP contribution in [0.3, 0.4) is 0 Å². The van der Waals surface area contributed by atoms with E-state index in [2.05, 4.69) is 38.4 Å². The van der Waals surface area contributed by atoms with Crippen molar-refractivity contribution in [1.82, 2.24) is 9.97 Å². The molecule has 0 amide bonds. The number of fused-ring (bicyclic) bond motifs is 1. The van der Waals surface area contributed by atoms with E-state index < -0.39 is 0 Å². The first-order valence-electron chi connectivity index (χ1n) is 7.38. The van der Waals surface area contributed by atoms with Crippen molar-refractivity contribution in [2.75, 3.05) is 0 Å². The molecular weight excluding hydrogens is 284 g/mol. The molecule has 23 heavy (non-hydrogen) atoms. The van der Waals surface area contributed by atoms with Crippen molar-refractivity contribution in [2.45, 2.75) is 0 Å². The number of hydrogen-bond donors (Lipinski definition) is 1. The van der Waals surface area contributed by atoms with Crippen LogP contribution in [0, 0.1) is 0 Å². The van der Waals surface area contributed by atoms with Crippen LogP contribution in [0.5, 0.6) is 0 Å². The topological polar surface area (TPSA) is 53.4 Å². The van der Waals surface area contributed by atoms with Crippen molar-refractivity contribution in [3.63, 3.8) is 0 Å². The highest BCUT2D eigenvalue weighted by molar-refractivity contribution is 5.85. The fourth-order valence-electron chi connectivity index (χ4n) is 2.48. The fourth-order valence-corrected chi connectivity index (χ4v) is 2.48. The highest BCUT2D eigenvalue weighted by atomic mass is 15.1. The van der Waals surface area contributed by atoms with E-state index in [-0.39, 0.29) is 0 Å². The van der Waals surface area contributed by atoms with E-state index in [0.29, 0.717) is 0 Å². The van der Waals surface area contributed by atoms with Gasteiger partial charge in [0.15, 0.2) is 5.82 Å². The Morgan fingerprint density at radius 3 is 2.57 bits per heavy atom. The number of rotatable bonds is 3. The van der Waals surface area contributed by atoms with Gasteiger partial charge in [-0.1, -0.05) is 30.3 Å². The molecule has 4 nitrogen and oxygen atoms in total. The molecule has 0 aliphatic carbocycles. The second kappa shape index (κ2) is 5.85. The van der Waals surface area contributed by atoms with Crippen molar-refractivity contribution in [2.24, 2.45) is 10.2 Å². The van der Waals surface area contributed by atoms with E-state index in [9.17, 15) is 0 Å². The van der Waals surface area contributed by atoms with Crippen molar-refractivity contribution >= 4 is 22.3 Å². The van der Waals surface area contributed by atoms with Gasteiger partial charge in [-0.25, -0.2) is 0 Å². The molecule has 0 atom stereocenters. The molecule has 4 aromatic rings. The van der Waals surface area contributed by atoms with E-state index >= 15 is 0 Å². The minimum atomic E-state index is 0.719. The molecule has 0 radical (unpaired) electrons. The van der Waals surface area contributed by atoms with Gasteiger partial charge in [0.1, 0.15) is 0 Å². The second-order valence-electron chi connectivity index (χ2n) is 5.23. The molecule has 0 spiro atoms. The standard InChI is InChI=1S/C19H14N4/c1-2-5-15-12-17(8-7-14(15)4-1)22-23-19-10-9-18(21-19)16-6-3-11-20-13-16/h1-13,21H. The maximum atomic E-state index is 4.31. The molecule has 110 valence electrons. The molecule has 0 aliphatic heterocycles. The van der Waals surface area contributed by atoms with Gasteiger partial charge in [0.2, 0.25) is 0 Å². The number of benzene rings is 2. The fraction of sp³-hybridized carbons (Fsp3) is 0. The summed E-state index contributed by atoms with van der Waals surface area (Å²) in [5.41, 5.74) is 2.84. The summed E-state index contributed by atoms with van der Waals surface area (Å²) >= 11 is 0. The molecule has 0 bridgehead atoms. The minimum Gasteiger partial charge on any atom is -0.338 e. The summed E-state index contributed by atoms with van der Waals surface area (Å²) in [7, 11) is 0. The van der Waals surface area contributed by atoms with E-state index in [1.807, 2.05) is 54.7 Å². The van der Waals surface area contributed by atoms with E-state index in [4.69, 9.17) is 0 Å². The number of hydrogen-bond acceptors (Lipinski definition) is 3. The lowest BCUT2D eigenvalue weighted by molar-refractivity contribution is 1.18. The number of aromatic amines is 1. The SMILES string of the molecule is c1cncc(-c2ccc(N=Nc3ccc4ccccc4c3)[nH]2)c1. The quantitative estimate of drug-likeness (QED) is 0.488. The molecule has 0 unspecified atom stereocenters. The largest absolute Gasteiger partial charge is 0.338 e. The molecule has 2 aromatic carbocycles. The van der Waals surface area contributed by atoms with Gasteiger partial charge in [0.05, 0.1) is 5.69 Å². The lowest BCUT2D eigenvalue weighted by Crippen LogP contribution is -1.77. The molecule has 0 fully saturated rings. The first-order chi connectivity index (χ1) is 11.4. The Hall–Kier alpha value is -3.27. The van der Waals surface area contributed by atoms with Crippen LogP contribution in [0.1, 0.15) is 0 Å². The van der Waals surface area contributed by atoms with Gasteiger partial charge in [-0.05, 0) is 47.2 Å². The summed E-state index contributed by atoms with van der Waals surface area (Å²) in [6.45, 7) is 0. The van der Waals surface area contributed by atoms with Gasteiger partial charge in [0, 0.05) is 23.7 Å². The van der Waals surface area contributed by atoms with Crippen LogP contribution < -0.4 is 0 Å². The third-order valence-corrected chi connectivity index (χ3v) is 3.65. The van der Waals surface area contributed by atoms with Gasteiger partial charge in [-0.3, -0.25) is 4.98 Å². The van der Waals surface area contributed by atoms with Crippen LogP contribution >= 0.6 is 0 Å². The summed E-state index contributed by atoms with van der Waals surface area (Å²) in [6, 6.07) is 22.1. The summed E-state index contributed by atoms with van der Waals surface area (Å²) in [5, 5.41) is 10.9. The Morgan fingerprint density at radius 2 is 1.70 bits per heavy atom. The van der Waals surface area contributed by atoms with Gasteiger partial charge in [0.25, 0.3) is 0 Å². The monoisotopic (exact) mass is 298 g/mol. The highest BCUT2D eigenvalue weighted by Crippen LogP contribution is 2.25. The van der Waals surface area contributed by atoms with E-state index in [1.165, 1.54) is 5.39 Å². The lowest BCUT2D eigenvalue weighted by atomic mass is 10.1. The first kappa shape index (κ1) is 13.4. The maximum absolute atomic E-state index is 4.31. The normalized spacial score (nSPS) is 11.3. The smallest absolute Gasteiger partial charge is 0.153 e. The zero-order valence-corrected chi connectivity index (χ0v) is 12.3. The van der Waals surface area contributed by atoms with Crippen molar-refractivity contribution in [3.05, 3.63) is 79.1 Å². The Kier molecular flexibility index (Phi) is 3.41. The average molecular weight is 298 g/mol. The molecule has 0 aliphatic rings. The molecular formula is C19H14N4. The number of azo groups is 1. The predicted octanol–water partition coefficient (Wildman–Crippen LogP) is 5.65. The first-order valence-corrected chi connectivity index (χ1v) is 7.38. The number of nitrogens with zero attached hydrogens (tertiary/aromatic N) is 3. The van der Waals surface area contributed by atoms with Crippen LogP contribution in [0.15, 0.2) is 89.4 Å². The van der Waals surface area contributed by atoms with E-state index in [1.54, 1.807) is 6.20 Å². The molecule has 1 N–H and O–H groups in total. The maximum Gasteiger partial charge on any atom is 0.153 e. The van der Waals surface area contributed by atoms with Crippen molar-refractivity contribution in [3.8, 4) is 11.3 Å². The van der Waals surface area contributed by atoms with Crippen LogP contribution in [0.2, 0.25) is 0 Å². The Balaban J connectivity index is 1.59. The Morgan fingerprint density at radius 1 is 0.783 bits per heavy atom. The molecule has 2 heterocycles. The minimum absolute atomic E-state index is 0.719. The molecule has 0 saturated carbocycles. The van der Waals surface area contributed by atoms with Gasteiger partial charge in [-0.15, -0.1) is 10.2 Å². The third kappa shape index (κ3) is 2.87. The Labute approximate surface area is 133 Å². The van der Waals surface area contributed by atoms with Crippen LogP contribution in [-0.4, -0.2) is 9.97 Å². The Bertz CT molecular complexity index is 971. The van der Waals surface area contributed by atoms with Crippen molar-refractivity contribution < 1.29 is 0 Å².